The minimum absolute atomic E-state index is 0.132. The fourth-order valence-corrected chi connectivity index (χ4v) is 3.70. The third-order valence-corrected chi connectivity index (χ3v) is 6.24. The number of anilines is 1. The highest BCUT2D eigenvalue weighted by molar-refractivity contribution is 7.89. The van der Waals surface area contributed by atoms with Crippen LogP contribution >= 0.6 is 0 Å². The topological polar surface area (TPSA) is 104 Å². The Bertz CT molecular complexity index is 1020. The number of hydrogen-bond donors (Lipinski definition) is 1. The fraction of sp³-hybridized carbons (Fsp3) is 0.263. The molecule has 148 valence electrons. The van der Waals surface area contributed by atoms with Crippen molar-refractivity contribution in [2.45, 2.75) is 11.4 Å². The number of aliphatic hydroxyl groups excluding tert-OH is 1. The number of aliphatic hydroxyl groups is 1. The van der Waals surface area contributed by atoms with Crippen molar-refractivity contribution >= 4 is 27.4 Å². The molecule has 0 unspecified atom stereocenters. The molecule has 0 saturated carbocycles. The first kappa shape index (κ1) is 20.0. The molecule has 0 spiro atoms. The van der Waals surface area contributed by atoms with Gasteiger partial charge in [0.05, 0.1) is 17.1 Å². The van der Waals surface area contributed by atoms with E-state index in [2.05, 4.69) is 0 Å². The number of amides is 1. The van der Waals surface area contributed by atoms with E-state index < -0.39 is 22.4 Å². The lowest BCUT2D eigenvalue weighted by Crippen LogP contribution is -2.38. The van der Waals surface area contributed by atoms with Gasteiger partial charge in [0, 0.05) is 19.7 Å². The van der Waals surface area contributed by atoms with Gasteiger partial charge in [-0.15, -0.1) is 0 Å². The third-order valence-electron chi connectivity index (χ3n) is 4.41. The summed E-state index contributed by atoms with van der Waals surface area (Å²) in [5, 5.41) is 9.06. The van der Waals surface area contributed by atoms with Gasteiger partial charge in [-0.25, -0.2) is 12.7 Å². The molecule has 3 rings (SSSR count). The van der Waals surface area contributed by atoms with Gasteiger partial charge in [-0.3, -0.25) is 9.59 Å². The summed E-state index contributed by atoms with van der Waals surface area (Å²) >= 11 is 0. The van der Waals surface area contributed by atoms with E-state index in [1.54, 1.807) is 18.2 Å². The van der Waals surface area contributed by atoms with Crippen LogP contribution in [-0.2, 0) is 21.4 Å². The van der Waals surface area contributed by atoms with Crippen LogP contribution in [0.1, 0.15) is 15.9 Å². The SMILES string of the molecule is CN(C)S(=O)(=O)c1ccc(CN2C(=O)COc3ccc(C(=O)CO)cc32)cc1. The maximum Gasteiger partial charge on any atom is 0.265 e. The quantitative estimate of drug-likeness (QED) is 0.722. The first-order valence-corrected chi connectivity index (χ1v) is 9.91. The maximum absolute atomic E-state index is 12.4. The molecule has 2 aromatic rings. The van der Waals surface area contributed by atoms with Crippen molar-refractivity contribution in [1.29, 1.82) is 0 Å². The molecule has 0 fully saturated rings. The normalized spacial score (nSPS) is 14.0. The standard InChI is InChI=1S/C19H20N2O6S/c1-20(2)28(25,26)15-6-3-13(4-7-15)10-21-16-9-14(17(23)11-22)5-8-18(16)27-12-19(21)24/h3-9,22H,10-12H2,1-2H3. The molecule has 8 nitrogen and oxygen atoms in total. The summed E-state index contributed by atoms with van der Waals surface area (Å²) in [4.78, 5) is 25.8. The molecule has 0 radical (unpaired) electrons. The van der Waals surface area contributed by atoms with E-state index in [9.17, 15) is 18.0 Å². The number of hydrogen-bond acceptors (Lipinski definition) is 6. The van der Waals surface area contributed by atoms with Gasteiger partial charge in [-0.1, -0.05) is 12.1 Å². The molecule has 1 aliphatic heterocycles. The predicted octanol–water partition coefficient (Wildman–Crippen LogP) is 1.04. The van der Waals surface area contributed by atoms with Gasteiger partial charge >= 0.3 is 0 Å². The number of sulfonamides is 1. The van der Waals surface area contributed by atoms with Crippen molar-refractivity contribution in [1.82, 2.24) is 4.31 Å². The Morgan fingerprint density at radius 3 is 2.46 bits per heavy atom. The summed E-state index contributed by atoms with van der Waals surface area (Å²) in [6, 6.07) is 10.9. The second-order valence-electron chi connectivity index (χ2n) is 6.46. The van der Waals surface area contributed by atoms with Crippen LogP contribution in [0.15, 0.2) is 47.4 Å². The highest BCUT2D eigenvalue weighted by Gasteiger charge is 2.27. The van der Waals surface area contributed by atoms with Gasteiger partial charge in [-0.2, -0.15) is 0 Å². The van der Waals surface area contributed by atoms with Crippen LogP contribution in [0.25, 0.3) is 0 Å². The monoisotopic (exact) mass is 404 g/mol. The van der Waals surface area contributed by atoms with E-state index >= 15 is 0 Å². The lowest BCUT2D eigenvalue weighted by molar-refractivity contribution is -0.121. The minimum Gasteiger partial charge on any atom is -0.482 e. The summed E-state index contributed by atoms with van der Waals surface area (Å²) in [6.07, 6.45) is 0. The average molecular weight is 404 g/mol. The molecule has 0 bridgehead atoms. The van der Waals surface area contributed by atoms with Crippen LogP contribution in [-0.4, -0.2) is 56.8 Å². The first-order valence-electron chi connectivity index (χ1n) is 8.47. The Balaban J connectivity index is 1.91. The van der Waals surface area contributed by atoms with Crippen LogP contribution in [0.3, 0.4) is 0 Å². The highest BCUT2D eigenvalue weighted by Crippen LogP contribution is 2.34. The summed E-state index contributed by atoms with van der Waals surface area (Å²) in [7, 11) is -0.620. The summed E-state index contributed by atoms with van der Waals surface area (Å²) in [5.74, 6) is -0.286. The van der Waals surface area contributed by atoms with Crippen molar-refractivity contribution in [3.05, 3.63) is 53.6 Å². The van der Waals surface area contributed by atoms with E-state index in [1.807, 2.05) is 0 Å². The van der Waals surface area contributed by atoms with Crippen LogP contribution in [0.5, 0.6) is 5.75 Å². The van der Waals surface area contributed by atoms with Crippen molar-refractivity contribution in [2.24, 2.45) is 0 Å². The maximum atomic E-state index is 12.4. The van der Waals surface area contributed by atoms with Gasteiger partial charge < -0.3 is 14.7 Å². The van der Waals surface area contributed by atoms with Gasteiger partial charge in [0.25, 0.3) is 5.91 Å². The second kappa shape index (κ2) is 7.70. The van der Waals surface area contributed by atoms with Crippen molar-refractivity contribution < 1.29 is 27.9 Å². The van der Waals surface area contributed by atoms with Gasteiger partial charge in [0.1, 0.15) is 12.4 Å². The summed E-state index contributed by atoms with van der Waals surface area (Å²) in [6.45, 7) is -0.572. The number of Topliss-reactive ketones (excluding diaryl/α,β-unsaturated/α-hetero) is 1. The van der Waals surface area contributed by atoms with Crippen molar-refractivity contribution in [3.8, 4) is 5.75 Å². The van der Waals surface area contributed by atoms with E-state index in [0.29, 0.717) is 11.4 Å². The van der Waals surface area contributed by atoms with Crippen LogP contribution < -0.4 is 9.64 Å². The number of benzene rings is 2. The largest absolute Gasteiger partial charge is 0.482 e. The van der Waals surface area contributed by atoms with Gasteiger partial charge in [0.2, 0.25) is 10.0 Å². The Morgan fingerprint density at radius 1 is 1.18 bits per heavy atom. The van der Waals surface area contributed by atoms with E-state index in [1.165, 1.54) is 43.3 Å². The fourth-order valence-electron chi connectivity index (χ4n) is 2.80. The Hall–Kier alpha value is -2.75. The van der Waals surface area contributed by atoms with Gasteiger partial charge in [0.15, 0.2) is 12.4 Å². The van der Waals surface area contributed by atoms with Crippen LogP contribution in [0.2, 0.25) is 0 Å². The smallest absolute Gasteiger partial charge is 0.265 e. The van der Waals surface area contributed by atoms with Crippen molar-refractivity contribution in [2.75, 3.05) is 32.2 Å². The molecule has 2 aromatic carbocycles. The zero-order valence-electron chi connectivity index (χ0n) is 15.5. The number of carbonyl (C=O) groups is 2. The predicted molar refractivity (Wildman–Crippen MR) is 102 cm³/mol. The third kappa shape index (κ3) is 3.77. The molecule has 1 heterocycles. The number of fused-ring (bicyclic) bond motifs is 1. The molecular weight excluding hydrogens is 384 g/mol. The number of ether oxygens (including phenoxy) is 1. The molecule has 9 heteroatoms. The summed E-state index contributed by atoms with van der Waals surface area (Å²) in [5.41, 5.74) is 1.43. The van der Waals surface area contributed by atoms with Crippen LogP contribution in [0, 0.1) is 0 Å². The highest BCUT2D eigenvalue weighted by atomic mass is 32.2. The van der Waals surface area contributed by atoms with Gasteiger partial charge in [-0.05, 0) is 35.9 Å². The Morgan fingerprint density at radius 2 is 1.86 bits per heavy atom. The lowest BCUT2D eigenvalue weighted by Gasteiger charge is -2.30. The molecular formula is C19H20N2O6S. The Labute approximate surface area is 163 Å². The van der Waals surface area contributed by atoms with E-state index in [0.717, 1.165) is 9.87 Å². The average Bonchev–Trinajstić information content (AvgIpc) is 2.69. The molecule has 0 atom stereocenters. The minimum atomic E-state index is -3.53. The number of nitrogens with zero attached hydrogens (tertiary/aromatic N) is 2. The Kier molecular flexibility index (Phi) is 5.50. The zero-order chi connectivity index (χ0) is 20.5. The molecule has 1 aliphatic rings. The van der Waals surface area contributed by atoms with Crippen molar-refractivity contribution in [3.63, 3.8) is 0 Å². The molecule has 0 aromatic heterocycles. The number of rotatable bonds is 6. The number of carbonyl (C=O) groups excluding carboxylic acids is 2. The second-order valence-corrected chi connectivity index (χ2v) is 8.62. The molecule has 0 saturated heterocycles. The van der Waals surface area contributed by atoms with Crippen LogP contribution in [0.4, 0.5) is 5.69 Å². The molecule has 0 aliphatic carbocycles. The summed E-state index contributed by atoms with van der Waals surface area (Å²) < 4.78 is 30.9. The first-order chi connectivity index (χ1) is 13.2. The lowest BCUT2D eigenvalue weighted by atomic mass is 10.1. The molecule has 1 amide bonds. The number of ketones is 1. The van der Waals surface area contributed by atoms with E-state index in [-0.39, 0.29) is 29.5 Å². The molecule has 28 heavy (non-hydrogen) atoms. The van der Waals surface area contributed by atoms with E-state index in [4.69, 9.17) is 9.84 Å². The zero-order valence-corrected chi connectivity index (χ0v) is 16.3. The molecule has 1 N–H and O–H groups in total.